The third-order valence-electron chi connectivity index (χ3n) is 3.14. The van der Waals surface area contributed by atoms with Crippen molar-refractivity contribution in [3.05, 3.63) is 58.6 Å². The Morgan fingerprint density at radius 2 is 1.96 bits per heavy atom. The normalized spacial score (nSPS) is 10.5. The highest BCUT2D eigenvalue weighted by atomic mass is 35.5. The first-order valence-corrected chi connectivity index (χ1v) is 6.98. The molecule has 0 spiro atoms. The average molecular weight is 331 g/mol. The van der Waals surface area contributed by atoms with E-state index in [9.17, 15) is 4.79 Å². The van der Waals surface area contributed by atoms with Crippen LogP contribution in [0, 0.1) is 6.92 Å². The molecule has 0 fully saturated rings. The summed E-state index contributed by atoms with van der Waals surface area (Å²) in [6.07, 6.45) is 0. The molecule has 0 aliphatic rings. The van der Waals surface area contributed by atoms with Gasteiger partial charge in [0.05, 0.1) is 11.3 Å². The minimum Gasteiger partial charge on any atom is -0.478 e. The molecule has 0 saturated heterocycles. The Balaban J connectivity index is 1.89. The number of aromatic carboxylic acids is 1. The summed E-state index contributed by atoms with van der Waals surface area (Å²) in [4.78, 5) is 10.9. The number of tetrazole rings is 1. The van der Waals surface area contributed by atoms with Crippen LogP contribution in [0.5, 0.6) is 11.8 Å². The van der Waals surface area contributed by atoms with Gasteiger partial charge in [-0.05, 0) is 65.4 Å². The van der Waals surface area contributed by atoms with Crippen LogP contribution in [0.4, 0.5) is 0 Å². The molecule has 2 aromatic carbocycles. The van der Waals surface area contributed by atoms with Crippen molar-refractivity contribution < 1.29 is 14.6 Å². The molecule has 0 aliphatic heterocycles. The predicted octanol–water partition coefficient (Wildman–Crippen LogP) is 3.11. The second-order valence-corrected chi connectivity index (χ2v) is 5.15. The van der Waals surface area contributed by atoms with E-state index in [0.29, 0.717) is 16.5 Å². The lowest BCUT2D eigenvalue weighted by molar-refractivity contribution is 0.0697. The van der Waals surface area contributed by atoms with Gasteiger partial charge in [0.25, 0.3) is 0 Å². The summed E-state index contributed by atoms with van der Waals surface area (Å²) >= 11 is 5.98. The summed E-state index contributed by atoms with van der Waals surface area (Å²) in [5, 5.41) is 20.8. The summed E-state index contributed by atoms with van der Waals surface area (Å²) in [5.41, 5.74) is 1.63. The van der Waals surface area contributed by atoms with Crippen LogP contribution < -0.4 is 4.74 Å². The number of carboxylic acid groups (broad SMARTS) is 1. The van der Waals surface area contributed by atoms with E-state index in [1.807, 2.05) is 6.92 Å². The Labute approximate surface area is 136 Å². The van der Waals surface area contributed by atoms with E-state index >= 15 is 0 Å². The molecule has 8 heteroatoms. The molecule has 7 nitrogen and oxygen atoms in total. The van der Waals surface area contributed by atoms with Gasteiger partial charge >= 0.3 is 12.0 Å². The standard InChI is InChI=1S/C15H11ClN4O3/c1-9-8-12(6-7-13(9)16)23-15-17-18-19-20(15)11-4-2-10(3-5-11)14(21)22/h2-8H,1H3,(H,21,22). The molecule has 1 aromatic heterocycles. The number of carbonyl (C=O) groups is 1. The number of nitrogens with zero attached hydrogens (tertiary/aromatic N) is 4. The fraction of sp³-hybridized carbons (Fsp3) is 0.0667. The second-order valence-electron chi connectivity index (χ2n) is 4.74. The van der Waals surface area contributed by atoms with Gasteiger partial charge in [0.2, 0.25) is 0 Å². The van der Waals surface area contributed by atoms with Gasteiger partial charge in [-0.15, -0.1) is 0 Å². The molecule has 3 aromatic rings. The van der Waals surface area contributed by atoms with Crippen LogP contribution in [0.25, 0.3) is 5.69 Å². The monoisotopic (exact) mass is 330 g/mol. The number of hydrogen-bond acceptors (Lipinski definition) is 5. The summed E-state index contributed by atoms with van der Waals surface area (Å²) < 4.78 is 7.04. The van der Waals surface area contributed by atoms with Crippen molar-refractivity contribution >= 4 is 17.6 Å². The number of benzene rings is 2. The Morgan fingerprint density at radius 3 is 2.61 bits per heavy atom. The van der Waals surface area contributed by atoms with Crippen molar-refractivity contribution in [1.82, 2.24) is 20.2 Å². The number of rotatable bonds is 4. The highest BCUT2D eigenvalue weighted by molar-refractivity contribution is 6.31. The third-order valence-corrected chi connectivity index (χ3v) is 3.56. The molecular weight excluding hydrogens is 320 g/mol. The fourth-order valence-electron chi connectivity index (χ4n) is 1.94. The molecular formula is C15H11ClN4O3. The minimum absolute atomic E-state index is 0.162. The first kappa shape index (κ1) is 15.0. The van der Waals surface area contributed by atoms with Crippen molar-refractivity contribution in [2.75, 3.05) is 0 Å². The summed E-state index contributed by atoms with van der Waals surface area (Å²) in [7, 11) is 0. The molecule has 1 heterocycles. The number of halogens is 1. The van der Waals surface area contributed by atoms with E-state index in [4.69, 9.17) is 21.4 Å². The van der Waals surface area contributed by atoms with Gasteiger partial charge < -0.3 is 9.84 Å². The molecule has 1 N–H and O–H groups in total. The Bertz CT molecular complexity index is 861. The number of aromatic nitrogens is 4. The molecule has 0 amide bonds. The maximum Gasteiger partial charge on any atom is 0.345 e. The van der Waals surface area contributed by atoms with E-state index < -0.39 is 5.97 Å². The van der Waals surface area contributed by atoms with Crippen LogP contribution >= 0.6 is 11.6 Å². The van der Waals surface area contributed by atoms with E-state index in [1.54, 1.807) is 30.3 Å². The van der Waals surface area contributed by atoms with Crippen LogP contribution in [0.2, 0.25) is 5.02 Å². The number of ether oxygens (including phenoxy) is 1. The zero-order valence-corrected chi connectivity index (χ0v) is 12.7. The molecule has 0 bridgehead atoms. The van der Waals surface area contributed by atoms with E-state index in [1.165, 1.54) is 16.8 Å². The Kier molecular flexibility index (Phi) is 3.94. The lowest BCUT2D eigenvalue weighted by atomic mass is 10.2. The van der Waals surface area contributed by atoms with Crippen molar-refractivity contribution in [2.45, 2.75) is 6.92 Å². The van der Waals surface area contributed by atoms with Crippen molar-refractivity contribution in [3.63, 3.8) is 0 Å². The van der Waals surface area contributed by atoms with Crippen molar-refractivity contribution in [1.29, 1.82) is 0 Å². The van der Waals surface area contributed by atoms with Crippen molar-refractivity contribution in [2.24, 2.45) is 0 Å². The number of aryl methyl sites for hydroxylation is 1. The highest BCUT2D eigenvalue weighted by Gasteiger charge is 2.12. The van der Waals surface area contributed by atoms with Crippen molar-refractivity contribution in [3.8, 4) is 17.4 Å². The van der Waals surface area contributed by atoms with Gasteiger partial charge in [-0.1, -0.05) is 16.7 Å². The lowest BCUT2D eigenvalue weighted by Gasteiger charge is -2.07. The first-order valence-electron chi connectivity index (χ1n) is 6.61. The summed E-state index contributed by atoms with van der Waals surface area (Å²) in [6.45, 7) is 1.86. The molecule has 0 atom stereocenters. The average Bonchev–Trinajstić information content (AvgIpc) is 2.99. The maximum absolute atomic E-state index is 10.9. The topological polar surface area (TPSA) is 90.1 Å². The quantitative estimate of drug-likeness (QED) is 0.790. The minimum atomic E-state index is -0.999. The van der Waals surface area contributed by atoms with Gasteiger partial charge in [-0.25, -0.2) is 4.79 Å². The first-order chi connectivity index (χ1) is 11.0. The SMILES string of the molecule is Cc1cc(Oc2nnnn2-c2ccc(C(=O)O)cc2)ccc1Cl. The number of hydrogen-bond donors (Lipinski definition) is 1. The van der Waals surface area contributed by atoms with E-state index in [-0.39, 0.29) is 11.6 Å². The zero-order chi connectivity index (χ0) is 16.4. The van der Waals surface area contributed by atoms with Gasteiger partial charge in [-0.2, -0.15) is 4.68 Å². The van der Waals surface area contributed by atoms with Gasteiger partial charge in [0.1, 0.15) is 5.75 Å². The van der Waals surface area contributed by atoms with Crippen LogP contribution in [0.1, 0.15) is 15.9 Å². The molecule has 23 heavy (non-hydrogen) atoms. The molecule has 0 saturated carbocycles. The fourth-order valence-corrected chi connectivity index (χ4v) is 2.05. The highest BCUT2D eigenvalue weighted by Crippen LogP contribution is 2.25. The summed E-state index contributed by atoms with van der Waals surface area (Å²) in [5.74, 6) is -0.452. The molecule has 0 radical (unpaired) electrons. The van der Waals surface area contributed by atoms with Crippen LogP contribution in [0.15, 0.2) is 42.5 Å². The maximum atomic E-state index is 10.9. The second kappa shape index (κ2) is 6.05. The van der Waals surface area contributed by atoms with Crippen LogP contribution in [-0.2, 0) is 0 Å². The lowest BCUT2D eigenvalue weighted by Crippen LogP contribution is -2.02. The zero-order valence-electron chi connectivity index (χ0n) is 12.0. The smallest absolute Gasteiger partial charge is 0.345 e. The third kappa shape index (κ3) is 3.14. The molecule has 0 aliphatic carbocycles. The molecule has 116 valence electrons. The van der Waals surface area contributed by atoms with E-state index in [2.05, 4.69) is 15.5 Å². The predicted molar refractivity (Wildman–Crippen MR) is 82.4 cm³/mol. The molecule has 3 rings (SSSR count). The van der Waals surface area contributed by atoms with Crippen LogP contribution in [-0.4, -0.2) is 31.3 Å². The largest absolute Gasteiger partial charge is 0.478 e. The van der Waals surface area contributed by atoms with Gasteiger partial charge in [0, 0.05) is 5.02 Å². The molecule has 0 unspecified atom stereocenters. The Hall–Kier alpha value is -2.93. The van der Waals surface area contributed by atoms with Gasteiger partial charge in [0.15, 0.2) is 0 Å². The number of carboxylic acids is 1. The van der Waals surface area contributed by atoms with Gasteiger partial charge in [-0.3, -0.25) is 0 Å². The Morgan fingerprint density at radius 1 is 1.22 bits per heavy atom. The van der Waals surface area contributed by atoms with Crippen LogP contribution in [0.3, 0.4) is 0 Å². The summed E-state index contributed by atoms with van der Waals surface area (Å²) in [6, 6.07) is 11.5. The van der Waals surface area contributed by atoms with E-state index in [0.717, 1.165) is 5.56 Å².